The zero-order chi connectivity index (χ0) is 14.5. The molecule has 106 valence electrons. The van der Waals surface area contributed by atoms with Gasteiger partial charge in [-0.1, -0.05) is 35.3 Å². The Kier molecular flexibility index (Phi) is 5.12. The van der Waals surface area contributed by atoms with E-state index in [1.165, 1.54) is 0 Å². The third-order valence-electron chi connectivity index (χ3n) is 2.91. The predicted molar refractivity (Wildman–Crippen MR) is 82.9 cm³/mol. The Morgan fingerprint density at radius 2 is 1.85 bits per heavy atom. The van der Waals surface area contributed by atoms with E-state index < -0.39 is 6.10 Å². The van der Waals surface area contributed by atoms with Crippen molar-refractivity contribution >= 4 is 28.9 Å². The van der Waals surface area contributed by atoms with Gasteiger partial charge < -0.3 is 15.2 Å². The third-order valence-corrected chi connectivity index (χ3v) is 3.47. The Morgan fingerprint density at radius 1 is 1.15 bits per heavy atom. The highest BCUT2D eigenvalue weighted by Crippen LogP contribution is 2.27. The smallest absolute Gasteiger partial charge is 0.139 e. The number of methoxy groups -OCH3 is 1. The van der Waals surface area contributed by atoms with Gasteiger partial charge in [-0.05, 0) is 29.8 Å². The van der Waals surface area contributed by atoms with Crippen LogP contribution in [0.25, 0.3) is 0 Å². The average Bonchev–Trinajstić information content (AvgIpc) is 2.46. The summed E-state index contributed by atoms with van der Waals surface area (Å²) in [5.41, 5.74) is 1.64. The molecule has 1 atom stereocenters. The number of nitrogens with one attached hydrogen (secondary N) is 1. The molecule has 0 heterocycles. The maximum absolute atomic E-state index is 10.1. The lowest BCUT2D eigenvalue weighted by atomic mass is 10.1. The van der Waals surface area contributed by atoms with Crippen molar-refractivity contribution in [3.8, 4) is 5.75 Å². The fourth-order valence-corrected chi connectivity index (χ4v) is 2.11. The number of rotatable bonds is 5. The summed E-state index contributed by atoms with van der Waals surface area (Å²) >= 11 is 11.8. The van der Waals surface area contributed by atoms with Gasteiger partial charge in [0.1, 0.15) is 5.75 Å². The van der Waals surface area contributed by atoms with Crippen molar-refractivity contribution in [2.75, 3.05) is 19.0 Å². The number of anilines is 1. The second kappa shape index (κ2) is 6.84. The predicted octanol–water partition coefficient (Wildman–Crippen LogP) is 4.15. The molecule has 0 amide bonds. The van der Waals surface area contributed by atoms with E-state index in [1.807, 2.05) is 6.07 Å². The molecule has 3 nitrogen and oxygen atoms in total. The first-order valence-electron chi connectivity index (χ1n) is 6.11. The quantitative estimate of drug-likeness (QED) is 0.871. The van der Waals surface area contributed by atoms with Gasteiger partial charge in [-0.15, -0.1) is 0 Å². The van der Waals surface area contributed by atoms with Crippen LogP contribution in [0, 0.1) is 0 Å². The second-order valence-electron chi connectivity index (χ2n) is 4.30. The molecule has 2 rings (SSSR count). The van der Waals surface area contributed by atoms with Crippen LogP contribution in [0.3, 0.4) is 0 Å². The molecule has 0 radical (unpaired) electrons. The van der Waals surface area contributed by atoms with Crippen LogP contribution in [-0.4, -0.2) is 18.8 Å². The molecule has 0 aromatic heterocycles. The zero-order valence-corrected chi connectivity index (χ0v) is 12.4. The maximum atomic E-state index is 10.1. The van der Waals surface area contributed by atoms with Crippen molar-refractivity contribution in [1.82, 2.24) is 0 Å². The number of benzene rings is 2. The van der Waals surface area contributed by atoms with Crippen LogP contribution in [0.5, 0.6) is 5.75 Å². The minimum atomic E-state index is -0.617. The lowest BCUT2D eigenvalue weighted by Crippen LogP contribution is -2.12. The molecule has 0 saturated carbocycles. The molecule has 2 aromatic rings. The third kappa shape index (κ3) is 3.79. The van der Waals surface area contributed by atoms with Crippen LogP contribution in [0.2, 0.25) is 10.0 Å². The van der Waals surface area contributed by atoms with E-state index in [0.717, 1.165) is 11.3 Å². The standard InChI is InChI=1S/C15H15Cl2NO2/c1-20-15-8-12(6-7-13(15)17)18-9-14(19)10-2-4-11(16)5-3-10/h2-8,14,18-19H,9H2,1H3. The van der Waals surface area contributed by atoms with Gasteiger partial charge in [0, 0.05) is 23.3 Å². The molecule has 0 bridgehead atoms. The number of ether oxygens (including phenoxy) is 1. The second-order valence-corrected chi connectivity index (χ2v) is 5.14. The topological polar surface area (TPSA) is 41.5 Å². The molecule has 5 heteroatoms. The molecule has 2 aromatic carbocycles. The van der Waals surface area contributed by atoms with Crippen LogP contribution in [0.4, 0.5) is 5.69 Å². The lowest BCUT2D eigenvalue weighted by Gasteiger charge is -2.14. The van der Waals surface area contributed by atoms with Gasteiger partial charge in [-0.3, -0.25) is 0 Å². The van der Waals surface area contributed by atoms with E-state index in [0.29, 0.717) is 22.3 Å². The van der Waals surface area contributed by atoms with Crippen LogP contribution in [0.1, 0.15) is 11.7 Å². The maximum Gasteiger partial charge on any atom is 0.139 e. The number of aliphatic hydroxyl groups excluding tert-OH is 1. The van der Waals surface area contributed by atoms with E-state index in [1.54, 1.807) is 43.5 Å². The molecular formula is C15H15Cl2NO2. The fourth-order valence-electron chi connectivity index (χ4n) is 1.79. The molecule has 0 aliphatic heterocycles. The highest BCUT2D eigenvalue weighted by atomic mass is 35.5. The monoisotopic (exact) mass is 311 g/mol. The number of hydrogen-bond donors (Lipinski definition) is 2. The largest absolute Gasteiger partial charge is 0.495 e. The normalized spacial score (nSPS) is 12.0. The first-order chi connectivity index (χ1) is 9.60. The van der Waals surface area contributed by atoms with Crippen molar-refractivity contribution in [2.45, 2.75) is 6.10 Å². The molecule has 0 aliphatic carbocycles. The van der Waals surface area contributed by atoms with Gasteiger partial charge in [0.15, 0.2) is 0 Å². The van der Waals surface area contributed by atoms with Crippen molar-refractivity contribution < 1.29 is 9.84 Å². The van der Waals surface area contributed by atoms with E-state index >= 15 is 0 Å². The van der Waals surface area contributed by atoms with Crippen LogP contribution in [-0.2, 0) is 0 Å². The number of hydrogen-bond acceptors (Lipinski definition) is 3. The Hall–Kier alpha value is -1.42. The molecular weight excluding hydrogens is 297 g/mol. The highest BCUT2D eigenvalue weighted by Gasteiger charge is 2.08. The summed E-state index contributed by atoms with van der Waals surface area (Å²) in [7, 11) is 1.56. The summed E-state index contributed by atoms with van der Waals surface area (Å²) in [4.78, 5) is 0. The minimum absolute atomic E-state index is 0.381. The van der Waals surface area contributed by atoms with Crippen molar-refractivity contribution in [1.29, 1.82) is 0 Å². The molecule has 0 fully saturated rings. The Labute approximate surface area is 128 Å². The first-order valence-corrected chi connectivity index (χ1v) is 6.86. The molecule has 0 spiro atoms. The summed E-state index contributed by atoms with van der Waals surface area (Å²) < 4.78 is 5.14. The number of aliphatic hydroxyl groups is 1. The van der Waals surface area contributed by atoms with Gasteiger partial charge in [-0.2, -0.15) is 0 Å². The van der Waals surface area contributed by atoms with Crippen molar-refractivity contribution in [3.63, 3.8) is 0 Å². The van der Waals surface area contributed by atoms with Crippen molar-refractivity contribution in [2.24, 2.45) is 0 Å². The number of halogens is 2. The molecule has 1 unspecified atom stereocenters. The summed E-state index contributed by atoms with van der Waals surface area (Å²) in [6.07, 6.45) is -0.617. The Bertz CT molecular complexity index is 573. The van der Waals surface area contributed by atoms with E-state index in [9.17, 15) is 5.11 Å². The van der Waals surface area contributed by atoms with Gasteiger partial charge in [0.2, 0.25) is 0 Å². The summed E-state index contributed by atoms with van der Waals surface area (Å²) in [6, 6.07) is 12.5. The van der Waals surface area contributed by atoms with Gasteiger partial charge in [-0.25, -0.2) is 0 Å². The zero-order valence-electron chi connectivity index (χ0n) is 10.9. The van der Waals surface area contributed by atoms with Crippen molar-refractivity contribution in [3.05, 3.63) is 58.1 Å². The van der Waals surface area contributed by atoms with E-state index in [-0.39, 0.29) is 0 Å². The molecule has 0 saturated heterocycles. The molecule has 0 aliphatic rings. The van der Waals surface area contributed by atoms with Gasteiger partial charge >= 0.3 is 0 Å². The Morgan fingerprint density at radius 3 is 2.50 bits per heavy atom. The molecule has 20 heavy (non-hydrogen) atoms. The van der Waals surface area contributed by atoms with Crippen LogP contribution < -0.4 is 10.1 Å². The lowest BCUT2D eigenvalue weighted by molar-refractivity contribution is 0.191. The van der Waals surface area contributed by atoms with Gasteiger partial charge in [0.25, 0.3) is 0 Å². The fraction of sp³-hybridized carbons (Fsp3) is 0.200. The average molecular weight is 312 g/mol. The summed E-state index contributed by atoms with van der Waals surface area (Å²) in [6.45, 7) is 0.381. The summed E-state index contributed by atoms with van der Waals surface area (Å²) in [5.74, 6) is 0.595. The summed E-state index contributed by atoms with van der Waals surface area (Å²) in [5, 5.41) is 14.4. The van der Waals surface area contributed by atoms with E-state index in [2.05, 4.69) is 5.32 Å². The minimum Gasteiger partial charge on any atom is -0.495 e. The highest BCUT2D eigenvalue weighted by molar-refractivity contribution is 6.32. The molecule has 2 N–H and O–H groups in total. The van der Waals surface area contributed by atoms with E-state index in [4.69, 9.17) is 27.9 Å². The van der Waals surface area contributed by atoms with Crippen LogP contribution in [0.15, 0.2) is 42.5 Å². The Balaban J connectivity index is 1.99. The SMILES string of the molecule is COc1cc(NCC(O)c2ccc(Cl)cc2)ccc1Cl. The first kappa shape index (κ1) is 15.0. The van der Waals surface area contributed by atoms with Crippen LogP contribution >= 0.6 is 23.2 Å². The van der Waals surface area contributed by atoms with Gasteiger partial charge in [0.05, 0.1) is 18.2 Å².